The van der Waals surface area contributed by atoms with Crippen molar-refractivity contribution in [1.82, 2.24) is 15.0 Å². The van der Waals surface area contributed by atoms with Crippen LogP contribution in [-0.2, 0) is 17.6 Å². The topological polar surface area (TPSA) is 85.0 Å². The summed E-state index contributed by atoms with van der Waals surface area (Å²) in [5.41, 5.74) is 7.93. The summed E-state index contributed by atoms with van der Waals surface area (Å²) < 4.78 is 0. The normalized spacial score (nSPS) is 19.2. The number of thiophene rings is 1. The summed E-state index contributed by atoms with van der Waals surface area (Å²) in [5, 5.41) is 1.13. The molecular formula is C19H19N5OS. The summed E-state index contributed by atoms with van der Waals surface area (Å²) in [5.74, 6) is 1.26. The molecule has 0 radical (unpaired) electrons. The predicted molar refractivity (Wildman–Crippen MR) is 102 cm³/mol. The largest absolute Gasteiger partial charge is 0.368 e. The van der Waals surface area contributed by atoms with E-state index in [0.717, 1.165) is 53.8 Å². The van der Waals surface area contributed by atoms with Gasteiger partial charge in [0.2, 0.25) is 5.91 Å². The van der Waals surface area contributed by atoms with E-state index >= 15 is 0 Å². The fourth-order valence-corrected chi connectivity index (χ4v) is 5.38. The van der Waals surface area contributed by atoms with Crippen molar-refractivity contribution in [3.8, 4) is 11.4 Å². The number of amides is 1. The highest BCUT2D eigenvalue weighted by molar-refractivity contribution is 7.19. The van der Waals surface area contributed by atoms with Crippen LogP contribution in [0.4, 0.5) is 5.82 Å². The number of nitrogens with two attached hydrogens (primary N) is 1. The first-order chi connectivity index (χ1) is 12.7. The van der Waals surface area contributed by atoms with Gasteiger partial charge in [0.1, 0.15) is 16.7 Å². The first-order valence-electron chi connectivity index (χ1n) is 9.01. The van der Waals surface area contributed by atoms with Crippen LogP contribution in [-0.4, -0.2) is 33.4 Å². The minimum Gasteiger partial charge on any atom is -0.368 e. The average molecular weight is 365 g/mol. The third kappa shape index (κ3) is 2.38. The minimum absolute atomic E-state index is 0.274. The Hall–Kier alpha value is -2.54. The van der Waals surface area contributed by atoms with E-state index in [2.05, 4.69) is 9.88 Å². The Morgan fingerprint density at radius 3 is 3.00 bits per heavy atom. The van der Waals surface area contributed by atoms with Gasteiger partial charge in [-0.1, -0.05) is 0 Å². The Bertz CT molecular complexity index is 1000. The van der Waals surface area contributed by atoms with Crippen molar-refractivity contribution in [1.29, 1.82) is 0 Å². The van der Waals surface area contributed by atoms with E-state index in [4.69, 9.17) is 15.7 Å². The van der Waals surface area contributed by atoms with Crippen molar-refractivity contribution >= 4 is 33.3 Å². The van der Waals surface area contributed by atoms with E-state index in [1.807, 2.05) is 12.1 Å². The first kappa shape index (κ1) is 15.7. The van der Waals surface area contributed by atoms with Gasteiger partial charge in [-0.3, -0.25) is 9.78 Å². The molecule has 1 aliphatic heterocycles. The number of aryl methyl sites for hydroxylation is 2. The lowest BCUT2D eigenvalue weighted by Crippen LogP contribution is -2.41. The number of pyridine rings is 1. The Balaban J connectivity index is 1.75. The fourth-order valence-electron chi connectivity index (χ4n) is 4.12. The zero-order valence-electron chi connectivity index (χ0n) is 14.3. The number of aromatic nitrogens is 3. The van der Waals surface area contributed by atoms with Gasteiger partial charge in [0.25, 0.3) is 0 Å². The van der Waals surface area contributed by atoms with E-state index in [0.29, 0.717) is 5.82 Å². The van der Waals surface area contributed by atoms with Crippen LogP contribution >= 0.6 is 11.3 Å². The quantitative estimate of drug-likeness (QED) is 0.771. The monoisotopic (exact) mass is 365 g/mol. The molecule has 1 saturated heterocycles. The molecule has 132 valence electrons. The van der Waals surface area contributed by atoms with Crippen molar-refractivity contribution in [3.63, 3.8) is 0 Å². The van der Waals surface area contributed by atoms with Crippen LogP contribution < -0.4 is 10.6 Å². The summed E-state index contributed by atoms with van der Waals surface area (Å²) in [4.78, 5) is 30.4. The molecule has 3 aromatic heterocycles. The van der Waals surface area contributed by atoms with Crippen molar-refractivity contribution in [3.05, 3.63) is 35.0 Å². The summed E-state index contributed by atoms with van der Waals surface area (Å²) in [7, 11) is 0. The van der Waals surface area contributed by atoms with Crippen LogP contribution in [0.1, 0.15) is 29.7 Å². The van der Waals surface area contributed by atoms with E-state index in [1.54, 1.807) is 23.7 Å². The number of anilines is 1. The Morgan fingerprint density at radius 1 is 1.27 bits per heavy atom. The minimum atomic E-state index is -0.285. The van der Waals surface area contributed by atoms with Gasteiger partial charge in [-0.2, -0.15) is 0 Å². The van der Waals surface area contributed by atoms with Gasteiger partial charge in [0, 0.05) is 29.4 Å². The second kappa shape index (κ2) is 6.02. The molecule has 0 aromatic carbocycles. The lowest BCUT2D eigenvalue weighted by atomic mass is 10.1. The average Bonchev–Trinajstić information content (AvgIpc) is 3.36. The number of hydrogen-bond donors (Lipinski definition) is 1. The maximum atomic E-state index is 12.0. The molecule has 6 nitrogen and oxygen atoms in total. The van der Waals surface area contributed by atoms with Crippen molar-refractivity contribution in [2.75, 3.05) is 11.4 Å². The fraction of sp³-hybridized carbons (Fsp3) is 0.368. The Morgan fingerprint density at radius 2 is 2.19 bits per heavy atom. The molecule has 1 fully saturated rings. The molecule has 7 heteroatoms. The van der Waals surface area contributed by atoms with Gasteiger partial charge in [0.05, 0.1) is 5.39 Å². The van der Waals surface area contributed by atoms with Gasteiger partial charge in [-0.25, -0.2) is 9.97 Å². The number of fused-ring (bicyclic) bond motifs is 3. The highest BCUT2D eigenvalue weighted by Crippen LogP contribution is 2.42. The molecule has 3 aromatic rings. The number of carbonyl (C=O) groups is 1. The highest BCUT2D eigenvalue weighted by Gasteiger charge is 2.33. The predicted octanol–water partition coefficient (Wildman–Crippen LogP) is 2.70. The molecule has 0 spiro atoms. The first-order valence-corrected chi connectivity index (χ1v) is 9.82. The van der Waals surface area contributed by atoms with Crippen LogP contribution in [0, 0.1) is 0 Å². The number of rotatable bonds is 3. The maximum Gasteiger partial charge on any atom is 0.240 e. The van der Waals surface area contributed by atoms with E-state index in [9.17, 15) is 4.79 Å². The van der Waals surface area contributed by atoms with Gasteiger partial charge in [-0.05, 0) is 49.8 Å². The molecule has 4 heterocycles. The van der Waals surface area contributed by atoms with Crippen molar-refractivity contribution in [2.45, 2.75) is 38.1 Å². The molecule has 1 aliphatic carbocycles. The summed E-state index contributed by atoms with van der Waals surface area (Å²) in [6, 6.07) is 3.57. The Kier molecular flexibility index (Phi) is 3.63. The molecule has 1 amide bonds. The van der Waals surface area contributed by atoms with Crippen LogP contribution in [0.25, 0.3) is 21.6 Å². The summed E-state index contributed by atoms with van der Waals surface area (Å²) >= 11 is 1.76. The summed E-state index contributed by atoms with van der Waals surface area (Å²) in [6.45, 7) is 0.802. The van der Waals surface area contributed by atoms with Gasteiger partial charge in [0.15, 0.2) is 5.82 Å². The Labute approximate surface area is 155 Å². The van der Waals surface area contributed by atoms with Crippen LogP contribution in [0.15, 0.2) is 24.5 Å². The van der Waals surface area contributed by atoms with Gasteiger partial charge >= 0.3 is 0 Å². The van der Waals surface area contributed by atoms with Crippen LogP contribution in [0.2, 0.25) is 0 Å². The van der Waals surface area contributed by atoms with E-state index in [1.165, 1.54) is 16.9 Å². The number of carbonyl (C=O) groups excluding carboxylic acids is 1. The molecule has 0 bridgehead atoms. The zero-order chi connectivity index (χ0) is 17.7. The zero-order valence-corrected chi connectivity index (χ0v) is 15.1. The smallest absolute Gasteiger partial charge is 0.240 e. The molecule has 0 unspecified atom stereocenters. The van der Waals surface area contributed by atoms with Gasteiger partial charge < -0.3 is 10.6 Å². The standard InChI is InChI=1S/C19H19N5OS/c20-16(25)13-6-3-9-24(13)18-15-12-5-1-7-14(12)26-19(15)23-17(22-18)11-4-2-8-21-10-11/h2,4,8,10,13H,1,3,5-7,9H2,(H2,20,25)/t13-/m1/s1. The molecule has 2 aliphatic rings. The number of nitrogens with zero attached hydrogens (tertiary/aromatic N) is 4. The maximum absolute atomic E-state index is 12.0. The second-order valence-electron chi connectivity index (χ2n) is 6.90. The lowest BCUT2D eigenvalue weighted by Gasteiger charge is -2.24. The molecule has 26 heavy (non-hydrogen) atoms. The SMILES string of the molecule is NC(=O)[C@H]1CCCN1c1nc(-c2cccnc2)nc2sc3c(c12)CCC3. The number of hydrogen-bond acceptors (Lipinski definition) is 6. The number of primary amides is 1. The van der Waals surface area contributed by atoms with E-state index < -0.39 is 0 Å². The summed E-state index contributed by atoms with van der Waals surface area (Å²) in [6.07, 6.45) is 8.61. The molecule has 2 N–H and O–H groups in total. The van der Waals surface area contributed by atoms with Crippen molar-refractivity contribution < 1.29 is 4.79 Å². The molecular weight excluding hydrogens is 346 g/mol. The van der Waals surface area contributed by atoms with E-state index in [-0.39, 0.29) is 11.9 Å². The van der Waals surface area contributed by atoms with Crippen molar-refractivity contribution in [2.24, 2.45) is 5.73 Å². The molecule has 0 saturated carbocycles. The second-order valence-corrected chi connectivity index (χ2v) is 7.99. The van der Waals surface area contributed by atoms with Crippen LogP contribution in [0.5, 0.6) is 0 Å². The molecule has 5 rings (SSSR count). The van der Waals surface area contributed by atoms with Crippen LogP contribution in [0.3, 0.4) is 0 Å². The molecule has 1 atom stereocenters. The van der Waals surface area contributed by atoms with Gasteiger partial charge in [-0.15, -0.1) is 11.3 Å². The lowest BCUT2D eigenvalue weighted by molar-refractivity contribution is -0.119. The highest BCUT2D eigenvalue weighted by atomic mass is 32.1. The third-order valence-corrected chi connectivity index (χ3v) is 6.50. The third-order valence-electron chi connectivity index (χ3n) is 5.32.